The first-order valence-electron chi connectivity index (χ1n) is 17.4. The maximum absolute atomic E-state index is 13.7. The van der Waals surface area contributed by atoms with Gasteiger partial charge in [-0.15, -0.1) is 0 Å². The number of ketones is 1. The molecule has 2 aromatic rings. The number of aryl methyl sites for hydroxylation is 1. The maximum atomic E-state index is 13.7. The van der Waals surface area contributed by atoms with E-state index in [1.54, 1.807) is 13.0 Å². The van der Waals surface area contributed by atoms with E-state index in [2.05, 4.69) is 68.6 Å². The minimum absolute atomic E-state index is 0.00761. The highest BCUT2D eigenvalue weighted by atomic mass is 35.5. The summed E-state index contributed by atoms with van der Waals surface area (Å²) in [6.07, 6.45) is 4.11. The van der Waals surface area contributed by atoms with Crippen molar-refractivity contribution in [2.75, 3.05) is 30.8 Å². The number of anilines is 1. The number of amides is 1. The minimum Gasteiger partial charge on any atom is -0.480 e. The third-order valence-corrected chi connectivity index (χ3v) is 11.0. The molecule has 0 saturated heterocycles. The van der Waals surface area contributed by atoms with E-state index in [9.17, 15) is 18.0 Å². The highest BCUT2D eigenvalue weighted by Gasteiger charge is 2.31. The second kappa shape index (κ2) is 16.7. The van der Waals surface area contributed by atoms with Crippen molar-refractivity contribution in [3.63, 3.8) is 0 Å². The van der Waals surface area contributed by atoms with Crippen molar-refractivity contribution in [3.8, 4) is 5.75 Å². The Morgan fingerprint density at radius 1 is 1.00 bits per heavy atom. The lowest BCUT2D eigenvalue weighted by atomic mass is 9.76. The van der Waals surface area contributed by atoms with E-state index in [1.165, 1.54) is 5.56 Å². The molecule has 0 radical (unpaired) electrons. The number of Topliss-reactive ketones (excluding diaryl/α,β-unsaturated/α-hetero) is 1. The number of carbonyl (C=O) groups is 2. The second-order valence-corrected chi connectivity index (χ2v) is 16.4. The van der Waals surface area contributed by atoms with E-state index in [0.717, 1.165) is 35.9 Å². The van der Waals surface area contributed by atoms with Crippen LogP contribution in [-0.2, 0) is 30.4 Å². The van der Waals surface area contributed by atoms with Gasteiger partial charge >= 0.3 is 0 Å². The molecule has 9 nitrogen and oxygen atoms in total. The van der Waals surface area contributed by atoms with Crippen molar-refractivity contribution < 1.29 is 22.7 Å². The lowest BCUT2D eigenvalue weighted by Gasteiger charge is -2.31. The summed E-state index contributed by atoms with van der Waals surface area (Å²) in [5.41, 5.74) is 5.54. The fourth-order valence-corrected chi connectivity index (χ4v) is 6.17. The number of hydrogen-bond acceptors (Lipinski definition) is 7. The number of hydrogen-bond donors (Lipinski definition) is 2. The number of halogens is 1. The quantitative estimate of drug-likeness (QED) is 0.171. The zero-order valence-electron chi connectivity index (χ0n) is 31.6. The van der Waals surface area contributed by atoms with Gasteiger partial charge in [0.15, 0.2) is 6.10 Å². The van der Waals surface area contributed by atoms with Gasteiger partial charge in [0.1, 0.15) is 5.75 Å². The molecule has 0 aliphatic heterocycles. The van der Waals surface area contributed by atoms with Crippen molar-refractivity contribution >= 4 is 50.4 Å². The molecule has 0 aromatic heterocycles. The molecular weight excluding hydrogens is 672 g/mol. The summed E-state index contributed by atoms with van der Waals surface area (Å²) < 4.78 is 31.9. The van der Waals surface area contributed by atoms with Crippen molar-refractivity contribution in [1.82, 2.24) is 10.0 Å². The van der Waals surface area contributed by atoms with Gasteiger partial charge in [0.2, 0.25) is 15.8 Å². The molecule has 3 rings (SSSR count). The maximum Gasteiger partial charge on any atom is 0.265 e. The van der Waals surface area contributed by atoms with E-state index in [-0.39, 0.29) is 28.1 Å². The Morgan fingerprint density at radius 2 is 1.66 bits per heavy atom. The van der Waals surface area contributed by atoms with E-state index < -0.39 is 27.8 Å². The Balaban J connectivity index is 1.89. The van der Waals surface area contributed by atoms with Gasteiger partial charge in [-0.3, -0.25) is 9.59 Å². The Kier molecular flexibility index (Phi) is 13.7. The Labute approximate surface area is 304 Å². The molecule has 1 unspecified atom stereocenters. The normalized spacial score (nSPS) is 15.6. The Bertz CT molecular complexity index is 1790. The van der Waals surface area contributed by atoms with Crippen LogP contribution in [0.3, 0.4) is 0 Å². The van der Waals surface area contributed by atoms with Crippen LogP contribution in [0.1, 0.15) is 98.3 Å². The minimum atomic E-state index is -3.28. The van der Waals surface area contributed by atoms with Crippen LogP contribution in [0.4, 0.5) is 11.4 Å². The summed E-state index contributed by atoms with van der Waals surface area (Å²) in [5, 5.41) is 2.78. The van der Waals surface area contributed by atoms with Crippen LogP contribution in [0, 0.1) is 6.92 Å². The van der Waals surface area contributed by atoms with E-state index in [1.807, 2.05) is 45.0 Å². The molecule has 274 valence electrons. The first-order chi connectivity index (χ1) is 23.3. The molecule has 50 heavy (non-hydrogen) atoms. The summed E-state index contributed by atoms with van der Waals surface area (Å²) >= 11 is 6.53. The molecule has 0 spiro atoms. The smallest absolute Gasteiger partial charge is 0.265 e. The molecule has 1 atom stereocenters. The van der Waals surface area contributed by atoms with Crippen molar-refractivity contribution in [1.29, 1.82) is 0 Å². The number of likely N-dealkylation sites (N-methyl/N-ethyl adjacent to an activating group) is 1. The molecule has 2 N–H and O–H groups in total. The third-order valence-electron chi connectivity index (χ3n) is 9.80. The largest absolute Gasteiger partial charge is 0.480 e. The van der Waals surface area contributed by atoms with E-state index in [0.29, 0.717) is 42.2 Å². The predicted octanol–water partition coefficient (Wildman–Crippen LogP) is 7.77. The van der Waals surface area contributed by atoms with E-state index >= 15 is 0 Å². The van der Waals surface area contributed by atoms with Crippen LogP contribution in [0.15, 0.2) is 63.8 Å². The lowest BCUT2D eigenvalue weighted by molar-refractivity contribution is -0.128. The first kappa shape index (κ1) is 41.0. The summed E-state index contributed by atoms with van der Waals surface area (Å²) in [4.78, 5) is 33.9. The lowest BCUT2D eigenvalue weighted by Crippen LogP contribution is -2.40. The van der Waals surface area contributed by atoms with Crippen LogP contribution >= 0.6 is 11.6 Å². The van der Waals surface area contributed by atoms with Crippen molar-refractivity contribution in [3.05, 3.63) is 75.5 Å². The van der Waals surface area contributed by atoms with Gasteiger partial charge < -0.3 is 15.0 Å². The van der Waals surface area contributed by atoms with Gasteiger partial charge in [-0.1, -0.05) is 72.2 Å². The number of nitrogens with zero attached hydrogens (tertiary/aromatic N) is 2. The van der Waals surface area contributed by atoms with Gasteiger partial charge in [0.05, 0.1) is 28.4 Å². The summed E-state index contributed by atoms with van der Waals surface area (Å²) in [6, 6.07) is 12.0. The second-order valence-electron chi connectivity index (χ2n) is 14.2. The first-order valence-corrected chi connectivity index (χ1v) is 19.7. The molecule has 0 saturated carbocycles. The van der Waals surface area contributed by atoms with Gasteiger partial charge in [-0.25, -0.2) is 18.1 Å². The fourth-order valence-electron chi connectivity index (χ4n) is 5.51. The topological polar surface area (TPSA) is 117 Å². The molecule has 1 amide bonds. The van der Waals surface area contributed by atoms with E-state index in [4.69, 9.17) is 21.3 Å². The zero-order chi connectivity index (χ0) is 37.6. The molecule has 2 aromatic carbocycles. The Hall–Kier alpha value is -3.47. The fraction of sp³-hybridized carbons (Fsp3) is 0.513. The molecule has 0 heterocycles. The van der Waals surface area contributed by atoms with Crippen LogP contribution in [0.2, 0.25) is 0 Å². The molecule has 1 aliphatic rings. The summed E-state index contributed by atoms with van der Waals surface area (Å²) in [6.45, 7) is 22.1. The van der Waals surface area contributed by atoms with Gasteiger partial charge in [-0.2, -0.15) is 0 Å². The highest BCUT2D eigenvalue weighted by Crippen LogP contribution is 2.39. The SMILES string of the molecule is CCC(Oc1ccc(C(C)(C)CC)cc1C(C)(C)CC)C(=O)NC1=CC(=Nc2ccc(N(CC)CCNS(C)(=O)=O)cc2C)C(C)=C(Cl)C1=O. The zero-order valence-corrected chi connectivity index (χ0v) is 33.2. The summed E-state index contributed by atoms with van der Waals surface area (Å²) in [5.74, 6) is -0.278. The van der Waals surface area contributed by atoms with Crippen molar-refractivity contribution in [2.45, 2.75) is 105 Å². The number of benzene rings is 2. The molecule has 0 fully saturated rings. The Morgan fingerprint density at radius 3 is 2.22 bits per heavy atom. The highest BCUT2D eigenvalue weighted by molar-refractivity contribution is 7.88. The predicted molar refractivity (Wildman–Crippen MR) is 207 cm³/mol. The monoisotopic (exact) mass is 726 g/mol. The number of sulfonamides is 1. The average Bonchev–Trinajstić information content (AvgIpc) is 3.06. The van der Waals surface area contributed by atoms with Gasteiger partial charge in [-0.05, 0) is 97.9 Å². The van der Waals surface area contributed by atoms with Crippen LogP contribution < -0.4 is 19.7 Å². The van der Waals surface area contributed by atoms with Crippen molar-refractivity contribution in [2.24, 2.45) is 4.99 Å². The van der Waals surface area contributed by atoms with Gasteiger partial charge in [0, 0.05) is 30.9 Å². The number of ether oxygens (including phenoxy) is 1. The number of aliphatic imine (C=N–C) groups is 1. The molecule has 11 heteroatoms. The average molecular weight is 727 g/mol. The third kappa shape index (κ3) is 10.1. The number of carbonyl (C=O) groups excluding carboxylic acids is 2. The summed E-state index contributed by atoms with van der Waals surface area (Å²) in [7, 11) is -3.28. The molecule has 0 bridgehead atoms. The molecule has 1 aliphatic carbocycles. The standard InChI is InChI=1S/C39H55ClN4O5S/c1-12-33(49-34-19-16-27(38(7,8)13-2)23-29(34)39(9,10)14-3)37(46)43-32-24-31(26(6)35(40)36(32)45)42-30-18-17-28(22-25(30)5)44(15-4)21-20-41-50(11,47)48/h16-19,22-24,33,41H,12-15,20-21H2,1-11H3,(H,43,46). The number of allylic oxidation sites excluding steroid dienone is 3. The molecular formula is C39H55ClN4O5S. The number of rotatable bonds is 16. The van der Waals surface area contributed by atoms with Crippen LogP contribution in [-0.4, -0.2) is 57.8 Å². The number of nitrogens with one attached hydrogen (secondary N) is 2. The van der Waals surface area contributed by atoms with Crippen LogP contribution in [0.25, 0.3) is 0 Å². The van der Waals surface area contributed by atoms with Gasteiger partial charge in [0.25, 0.3) is 5.91 Å². The van der Waals surface area contributed by atoms with Crippen LogP contribution in [0.5, 0.6) is 5.75 Å².